The summed E-state index contributed by atoms with van der Waals surface area (Å²) in [4.78, 5) is 0. The second-order valence-corrected chi connectivity index (χ2v) is 1.85. The van der Waals surface area contributed by atoms with E-state index >= 15 is 0 Å². The molecule has 0 fully saturated rings. The van der Waals surface area contributed by atoms with Crippen molar-refractivity contribution >= 4 is 5.83 Å². The van der Waals surface area contributed by atoms with Crippen LogP contribution in [0.25, 0.3) is 5.83 Å². The van der Waals surface area contributed by atoms with Gasteiger partial charge in [-0.25, -0.2) is 4.39 Å². The Morgan fingerprint density at radius 1 is 1.18 bits per heavy atom. The molecule has 58 valence electrons. The average molecular weight is 159 g/mol. The molecule has 0 aromatic heterocycles. The Balaban J connectivity index is 3.21. The zero-order valence-electron chi connectivity index (χ0n) is 6.44. The molecular weight excluding hydrogens is 153 g/mol. The van der Waals surface area contributed by atoms with Crippen molar-refractivity contribution in [3.05, 3.63) is 42.0 Å². The summed E-state index contributed by atoms with van der Waals surface area (Å²) >= 11 is 0. The summed E-state index contributed by atoms with van der Waals surface area (Å²) in [5, 5.41) is 0. The highest BCUT2D eigenvalue weighted by molar-refractivity contribution is 5.59. The van der Waals surface area contributed by atoms with Gasteiger partial charge in [-0.3, -0.25) is 0 Å². The molecule has 1 aromatic rings. The normalized spacial score (nSPS) is 10.6. The molecule has 0 aliphatic heterocycles. The lowest BCUT2D eigenvalue weighted by atomic mass is 10.2. The quantitative estimate of drug-likeness (QED) is 0.590. The van der Waals surface area contributed by atoms with Gasteiger partial charge in [0.25, 0.3) is 0 Å². The first-order valence-electron chi connectivity index (χ1n) is 3.39. The zero-order chi connectivity index (χ0) is 9.14. The Kier molecular flexibility index (Phi) is 1.90. The molecule has 0 aliphatic rings. The van der Waals surface area contributed by atoms with Gasteiger partial charge in [0, 0.05) is 5.56 Å². The molecule has 0 aliphatic carbocycles. The Morgan fingerprint density at radius 2 is 1.91 bits per heavy atom. The van der Waals surface area contributed by atoms with Crippen LogP contribution in [0.3, 0.4) is 0 Å². The molecule has 0 unspecified atom stereocenters. The topological polar surface area (TPSA) is 0 Å². The number of hydrogen-bond donors (Lipinski definition) is 0. The van der Waals surface area contributed by atoms with Crippen molar-refractivity contribution < 1.29 is 14.5 Å². The second kappa shape index (κ2) is 3.23. The lowest BCUT2D eigenvalue weighted by Gasteiger charge is -1.93. The van der Waals surface area contributed by atoms with Crippen LogP contribution in [0.4, 0.5) is 13.2 Å². The fraction of sp³-hybridized carbons (Fsp3) is 0. The Morgan fingerprint density at radius 3 is 2.45 bits per heavy atom. The maximum Gasteiger partial charge on any atom is 0.306 e. The van der Waals surface area contributed by atoms with E-state index in [0.29, 0.717) is 0 Å². The number of hydrogen-bond acceptors (Lipinski definition) is 0. The smallest absolute Gasteiger partial charge is 0.200 e. The fourth-order valence-electron chi connectivity index (χ4n) is 0.632. The third-order valence-electron chi connectivity index (χ3n) is 1.11. The predicted molar refractivity (Wildman–Crippen MR) is 36.7 cm³/mol. The number of rotatable bonds is 1. The van der Waals surface area contributed by atoms with Crippen molar-refractivity contribution in [1.29, 1.82) is 0 Å². The average Bonchev–Trinajstić information content (AvgIpc) is 2.04. The minimum absolute atomic E-state index is 0.247. The van der Waals surface area contributed by atoms with Crippen molar-refractivity contribution in [3.63, 3.8) is 0 Å². The summed E-state index contributed by atoms with van der Waals surface area (Å²) < 4.78 is 43.0. The summed E-state index contributed by atoms with van der Waals surface area (Å²) in [7, 11) is 0. The second-order valence-electron chi connectivity index (χ2n) is 1.85. The fourth-order valence-corrected chi connectivity index (χ4v) is 0.632. The number of halogens is 3. The van der Waals surface area contributed by atoms with Crippen LogP contribution in [0, 0.1) is 0 Å². The van der Waals surface area contributed by atoms with Gasteiger partial charge in [-0.2, -0.15) is 8.78 Å². The maximum atomic E-state index is 12.5. The van der Waals surface area contributed by atoms with Gasteiger partial charge in [0.2, 0.25) is 0 Å². The van der Waals surface area contributed by atoms with E-state index in [-0.39, 0.29) is 11.6 Å². The van der Waals surface area contributed by atoms with Crippen LogP contribution >= 0.6 is 0 Å². The summed E-state index contributed by atoms with van der Waals surface area (Å²) in [6.07, 6.45) is -2.39. The summed E-state index contributed by atoms with van der Waals surface area (Å²) in [6.45, 7) is 0. The summed E-state index contributed by atoms with van der Waals surface area (Å²) in [5.41, 5.74) is -0.377. The summed E-state index contributed by atoms with van der Waals surface area (Å²) in [5.74, 6) is -1.62. The molecule has 0 bridgehead atoms. The van der Waals surface area contributed by atoms with E-state index in [1.807, 2.05) is 0 Å². The van der Waals surface area contributed by atoms with Gasteiger partial charge in [-0.15, -0.1) is 0 Å². The van der Waals surface area contributed by atoms with Crippen molar-refractivity contribution in [3.8, 4) is 0 Å². The molecule has 0 radical (unpaired) electrons. The minimum atomic E-state index is -2.39. The van der Waals surface area contributed by atoms with Gasteiger partial charge < -0.3 is 0 Å². The van der Waals surface area contributed by atoms with Crippen LogP contribution in [0.15, 0.2) is 36.4 Å². The van der Waals surface area contributed by atoms with Gasteiger partial charge in [0.05, 0.1) is 1.37 Å². The Labute approximate surface area is 63.4 Å². The maximum absolute atomic E-state index is 12.5. The third kappa shape index (κ3) is 1.83. The van der Waals surface area contributed by atoms with Crippen molar-refractivity contribution in [2.75, 3.05) is 0 Å². The minimum Gasteiger partial charge on any atom is -0.200 e. The lowest BCUT2D eigenvalue weighted by molar-refractivity contribution is 0.410. The van der Waals surface area contributed by atoms with Gasteiger partial charge >= 0.3 is 6.08 Å². The van der Waals surface area contributed by atoms with Crippen LogP contribution in [0.5, 0.6) is 0 Å². The van der Waals surface area contributed by atoms with Crippen molar-refractivity contribution in [2.45, 2.75) is 0 Å². The molecule has 0 nitrogen and oxygen atoms in total. The molecule has 0 amide bonds. The Bertz CT molecular complexity index is 316. The van der Waals surface area contributed by atoms with E-state index in [4.69, 9.17) is 1.37 Å². The van der Waals surface area contributed by atoms with Gasteiger partial charge in [-0.1, -0.05) is 30.3 Å². The molecular formula is C8H5F3. The highest BCUT2D eigenvalue weighted by atomic mass is 19.3. The van der Waals surface area contributed by atoms with Gasteiger partial charge in [-0.05, 0) is 0 Å². The van der Waals surface area contributed by atoms with Crippen LogP contribution in [0.1, 0.15) is 6.93 Å². The molecule has 0 heterocycles. The molecule has 0 N–H and O–H groups in total. The van der Waals surface area contributed by atoms with E-state index in [1.54, 1.807) is 0 Å². The van der Waals surface area contributed by atoms with Crippen LogP contribution in [0.2, 0.25) is 0 Å². The van der Waals surface area contributed by atoms with Crippen LogP contribution < -0.4 is 0 Å². The van der Waals surface area contributed by atoms with E-state index in [1.165, 1.54) is 18.2 Å². The monoisotopic (exact) mass is 159 g/mol. The highest BCUT2D eigenvalue weighted by Crippen LogP contribution is 2.20. The van der Waals surface area contributed by atoms with Crippen LogP contribution in [-0.4, -0.2) is 0 Å². The molecule has 0 atom stereocenters. The predicted octanol–water partition coefficient (Wildman–Crippen LogP) is 3.22. The van der Waals surface area contributed by atoms with Crippen molar-refractivity contribution in [1.82, 2.24) is 0 Å². The summed E-state index contributed by atoms with van der Waals surface area (Å²) in [6, 6.07) is 5.02. The molecule has 0 spiro atoms. The van der Waals surface area contributed by atoms with E-state index in [2.05, 4.69) is 0 Å². The first kappa shape index (κ1) is 6.46. The van der Waals surface area contributed by atoms with Crippen molar-refractivity contribution in [2.24, 2.45) is 0 Å². The SMILES string of the molecule is [2H]c1ccccc1C(F)=C(F)F. The van der Waals surface area contributed by atoms with Gasteiger partial charge in [0.15, 0.2) is 5.83 Å². The Hall–Kier alpha value is -1.25. The highest BCUT2D eigenvalue weighted by Gasteiger charge is 2.05. The van der Waals surface area contributed by atoms with E-state index < -0.39 is 11.9 Å². The first-order chi connectivity index (χ1) is 5.63. The molecule has 1 rings (SSSR count). The van der Waals surface area contributed by atoms with E-state index in [9.17, 15) is 13.2 Å². The lowest BCUT2D eigenvalue weighted by Crippen LogP contribution is -1.76. The molecule has 0 saturated carbocycles. The standard InChI is InChI=1S/C8H5F3/c9-7(8(10)11)6-4-2-1-3-5-6/h1-5H/i4D. The zero-order valence-corrected chi connectivity index (χ0v) is 5.44. The van der Waals surface area contributed by atoms with E-state index in [0.717, 1.165) is 6.07 Å². The molecule has 3 heteroatoms. The third-order valence-corrected chi connectivity index (χ3v) is 1.11. The van der Waals surface area contributed by atoms with Crippen LogP contribution in [-0.2, 0) is 0 Å². The molecule has 0 saturated heterocycles. The first-order valence-corrected chi connectivity index (χ1v) is 2.89. The molecule has 11 heavy (non-hydrogen) atoms. The largest absolute Gasteiger partial charge is 0.306 e. The number of benzene rings is 1. The molecule has 1 aromatic carbocycles. The van der Waals surface area contributed by atoms with Gasteiger partial charge in [0.1, 0.15) is 0 Å².